The highest BCUT2D eigenvalue weighted by Crippen LogP contribution is 2.53. The molecule has 1 aliphatic heterocycles. The summed E-state index contributed by atoms with van der Waals surface area (Å²) in [6.45, 7) is 10.5. The topological polar surface area (TPSA) is 40.2 Å². The summed E-state index contributed by atoms with van der Waals surface area (Å²) in [5.41, 5.74) is 2.47. The third-order valence-electron chi connectivity index (χ3n) is 6.72. The molecule has 0 bridgehead atoms. The Bertz CT molecular complexity index is 675. The lowest BCUT2D eigenvalue weighted by Gasteiger charge is -2.45. The normalized spacial score (nSPS) is 32.0. The number of epoxide rings is 1. The molecule has 1 aromatic carbocycles. The van der Waals surface area contributed by atoms with E-state index in [0.717, 1.165) is 30.8 Å². The van der Waals surface area contributed by atoms with E-state index in [1.54, 1.807) is 7.11 Å². The van der Waals surface area contributed by atoms with Crippen molar-refractivity contribution in [1.82, 2.24) is 0 Å². The average molecular weight is 403 g/mol. The number of hydrogen-bond donors (Lipinski definition) is 0. The van der Waals surface area contributed by atoms with Gasteiger partial charge < -0.3 is 18.9 Å². The maximum absolute atomic E-state index is 6.41. The lowest BCUT2D eigenvalue weighted by molar-refractivity contribution is -0.134. The molecule has 0 radical (unpaired) electrons. The van der Waals surface area contributed by atoms with Crippen LogP contribution in [0.4, 0.5) is 0 Å². The second kappa shape index (κ2) is 9.63. The van der Waals surface area contributed by atoms with Crippen molar-refractivity contribution in [3.05, 3.63) is 41.5 Å². The van der Waals surface area contributed by atoms with E-state index in [2.05, 4.69) is 45.9 Å². The summed E-state index contributed by atoms with van der Waals surface area (Å²) >= 11 is 0. The van der Waals surface area contributed by atoms with Crippen molar-refractivity contribution in [1.29, 1.82) is 0 Å². The Kier molecular flexibility index (Phi) is 7.42. The summed E-state index contributed by atoms with van der Waals surface area (Å²) in [7, 11) is 3.50. The highest BCUT2D eigenvalue weighted by atomic mass is 16.6. The smallest absolute Gasteiger partial charge is 0.118 e. The number of rotatable bonds is 9. The molecule has 162 valence electrons. The molecular formula is C25H38O4. The minimum absolute atomic E-state index is 0.0160. The summed E-state index contributed by atoms with van der Waals surface area (Å²) < 4.78 is 23.8. The molecule has 1 spiro atoms. The molecular weight excluding hydrogens is 364 g/mol. The number of hydrogen-bond acceptors (Lipinski definition) is 4. The average Bonchev–Trinajstić information content (AvgIpc) is 3.49. The number of methoxy groups -OCH3 is 2. The first-order valence-electron chi connectivity index (χ1n) is 11.0. The number of allylic oxidation sites excluding steroid dienone is 1. The fourth-order valence-corrected chi connectivity index (χ4v) is 4.82. The van der Waals surface area contributed by atoms with Gasteiger partial charge in [0.05, 0.1) is 32.5 Å². The van der Waals surface area contributed by atoms with Crippen molar-refractivity contribution >= 4 is 0 Å². The Morgan fingerprint density at radius 3 is 2.48 bits per heavy atom. The molecule has 1 aromatic rings. The second-order valence-electron chi connectivity index (χ2n) is 9.18. The van der Waals surface area contributed by atoms with Crippen LogP contribution in [0, 0.1) is 17.8 Å². The van der Waals surface area contributed by atoms with Gasteiger partial charge in [0, 0.05) is 13.0 Å². The highest BCUT2D eigenvalue weighted by molar-refractivity contribution is 5.27. The van der Waals surface area contributed by atoms with Gasteiger partial charge in [-0.15, -0.1) is 0 Å². The quantitative estimate of drug-likeness (QED) is 0.409. The Hall–Kier alpha value is -1.36. The SMILES string of the molecule is COc1ccc(COC2CC(C)C3(CO3)C(/C(C)=C/CCC(C)C)C2OC)cc1. The summed E-state index contributed by atoms with van der Waals surface area (Å²) in [5, 5.41) is 0. The van der Waals surface area contributed by atoms with Crippen LogP contribution in [-0.2, 0) is 20.8 Å². The van der Waals surface area contributed by atoms with Crippen molar-refractivity contribution in [2.24, 2.45) is 17.8 Å². The van der Waals surface area contributed by atoms with Gasteiger partial charge in [-0.1, -0.05) is 44.6 Å². The Labute approximate surface area is 176 Å². The van der Waals surface area contributed by atoms with Gasteiger partial charge in [0.2, 0.25) is 0 Å². The molecule has 1 saturated carbocycles. The minimum Gasteiger partial charge on any atom is -0.497 e. The molecule has 0 aromatic heterocycles. The fraction of sp³-hybridized carbons (Fsp3) is 0.680. The summed E-state index contributed by atoms with van der Waals surface area (Å²) in [6.07, 6.45) is 5.76. The van der Waals surface area contributed by atoms with Gasteiger partial charge >= 0.3 is 0 Å². The van der Waals surface area contributed by atoms with E-state index >= 15 is 0 Å². The zero-order valence-electron chi connectivity index (χ0n) is 18.9. The van der Waals surface area contributed by atoms with Crippen molar-refractivity contribution in [3.8, 4) is 5.75 Å². The van der Waals surface area contributed by atoms with E-state index in [0.29, 0.717) is 18.4 Å². The fourth-order valence-electron chi connectivity index (χ4n) is 4.82. The molecule has 5 unspecified atom stereocenters. The summed E-state index contributed by atoms with van der Waals surface area (Å²) in [5.74, 6) is 2.29. The van der Waals surface area contributed by atoms with Crippen LogP contribution in [0.3, 0.4) is 0 Å². The van der Waals surface area contributed by atoms with Gasteiger partial charge in [0.25, 0.3) is 0 Å². The van der Waals surface area contributed by atoms with Crippen LogP contribution in [0.5, 0.6) is 5.75 Å². The maximum Gasteiger partial charge on any atom is 0.118 e. The highest BCUT2D eigenvalue weighted by Gasteiger charge is 2.63. The van der Waals surface area contributed by atoms with E-state index in [-0.39, 0.29) is 23.7 Å². The Balaban J connectivity index is 1.72. The van der Waals surface area contributed by atoms with Crippen LogP contribution in [0.2, 0.25) is 0 Å². The predicted molar refractivity (Wildman–Crippen MR) is 116 cm³/mol. The lowest BCUT2D eigenvalue weighted by Crippen LogP contribution is -2.53. The largest absolute Gasteiger partial charge is 0.497 e. The van der Waals surface area contributed by atoms with Crippen molar-refractivity contribution in [2.45, 2.75) is 71.4 Å². The van der Waals surface area contributed by atoms with E-state index in [1.165, 1.54) is 12.0 Å². The third kappa shape index (κ3) is 5.04. The van der Waals surface area contributed by atoms with Gasteiger partial charge in [-0.3, -0.25) is 0 Å². The number of ether oxygens (including phenoxy) is 4. The Morgan fingerprint density at radius 1 is 1.24 bits per heavy atom. The van der Waals surface area contributed by atoms with E-state index in [4.69, 9.17) is 18.9 Å². The number of benzene rings is 1. The van der Waals surface area contributed by atoms with Crippen LogP contribution < -0.4 is 4.74 Å². The minimum atomic E-state index is -0.0704. The lowest BCUT2D eigenvalue weighted by atomic mass is 9.67. The second-order valence-corrected chi connectivity index (χ2v) is 9.18. The van der Waals surface area contributed by atoms with Gasteiger partial charge in [-0.05, 0) is 55.7 Å². The van der Waals surface area contributed by atoms with Gasteiger partial charge in [0.15, 0.2) is 0 Å². The molecule has 0 N–H and O–H groups in total. The van der Waals surface area contributed by atoms with Gasteiger partial charge in [-0.2, -0.15) is 0 Å². The summed E-state index contributed by atoms with van der Waals surface area (Å²) in [6, 6.07) is 8.08. The molecule has 4 heteroatoms. The first kappa shape index (κ1) is 22.3. The van der Waals surface area contributed by atoms with E-state index in [1.807, 2.05) is 19.2 Å². The molecule has 29 heavy (non-hydrogen) atoms. The van der Waals surface area contributed by atoms with Crippen LogP contribution in [0.25, 0.3) is 0 Å². The van der Waals surface area contributed by atoms with E-state index in [9.17, 15) is 0 Å². The zero-order valence-corrected chi connectivity index (χ0v) is 18.9. The standard InChI is InChI=1S/C25H38O4/c1-17(2)8-7-9-18(3)23-24(27-6)22(14-19(4)25(23)16-29-25)28-15-20-10-12-21(26-5)13-11-20/h9-13,17,19,22-24H,7-8,14-16H2,1-6H3/b18-9+. The van der Waals surface area contributed by atoms with Crippen LogP contribution in [-0.4, -0.2) is 38.6 Å². The molecule has 5 atom stereocenters. The Morgan fingerprint density at radius 2 is 1.93 bits per heavy atom. The summed E-state index contributed by atoms with van der Waals surface area (Å²) in [4.78, 5) is 0. The molecule has 2 aliphatic rings. The van der Waals surface area contributed by atoms with E-state index < -0.39 is 0 Å². The molecule has 2 fully saturated rings. The zero-order chi connectivity index (χ0) is 21.0. The molecule has 1 heterocycles. The monoisotopic (exact) mass is 402 g/mol. The van der Waals surface area contributed by atoms with Crippen molar-refractivity contribution in [2.75, 3.05) is 20.8 Å². The maximum atomic E-state index is 6.41. The first-order chi connectivity index (χ1) is 13.9. The van der Waals surface area contributed by atoms with Crippen LogP contribution in [0.1, 0.15) is 52.5 Å². The molecule has 4 nitrogen and oxygen atoms in total. The van der Waals surface area contributed by atoms with Crippen LogP contribution >= 0.6 is 0 Å². The molecule has 3 rings (SSSR count). The molecule has 1 aliphatic carbocycles. The first-order valence-corrected chi connectivity index (χ1v) is 11.0. The van der Waals surface area contributed by atoms with Gasteiger partial charge in [0.1, 0.15) is 11.4 Å². The van der Waals surface area contributed by atoms with Crippen LogP contribution in [0.15, 0.2) is 35.9 Å². The third-order valence-corrected chi connectivity index (χ3v) is 6.72. The van der Waals surface area contributed by atoms with Crippen molar-refractivity contribution < 1.29 is 18.9 Å². The van der Waals surface area contributed by atoms with Crippen molar-refractivity contribution in [3.63, 3.8) is 0 Å². The molecule has 1 saturated heterocycles. The molecule has 0 amide bonds. The van der Waals surface area contributed by atoms with Gasteiger partial charge in [-0.25, -0.2) is 0 Å². The predicted octanol–water partition coefficient (Wildman–Crippen LogP) is 5.40.